The minimum atomic E-state index is 0.830. The van der Waals surface area contributed by atoms with Crippen LogP contribution in [0.25, 0.3) is 0 Å². The minimum absolute atomic E-state index is 0.830. The molecule has 0 radical (unpaired) electrons. The van der Waals surface area contributed by atoms with Crippen LogP contribution in [0, 0.1) is 0 Å². The average molecular weight is 387 g/mol. The highest BCUT2D eigenvalue weighted by atomic mass is 32.3. The fraction of sp³-hybridized carbons (Fsp3) is 0.400. The molecule has 0 N–H and O–H groups in total. The van der Waals surface area contributed by atoms with Crippen LogP contribution < -0.4 is 0 Å². The first-order valence-electron chi connectivity index (χ1n) is 5.21. The molecule has 0 saturated carbocycles. The van der Waals surface area contributed by atoms with Crippen molar-refractivity contribution < 1.29 is 0 Å². The lowest BCUT2D eigenvalue weighted by molar-refractivity contribution is 1.56. The molecule has 0 atom stereocenters. The zero-order valence-electron chi connectivity index (χ0n) is 9.17. The molecule has 0 amide bonds. The Morgan fingerprint density at radius 2 is 1.11 bits per heavy atom. The summed E-state index contributed by atoms with van der Waals surface area (Å²) >= 11 is 20.6. The van der Waals surface area contributed by atoms with Gasteiger partial charge in [-0.05, 0) is 0 Å². The second-order valence-electron chi connectivity index (χ2n) is 3.42. The molecule has 0 aliphatic carbocycles. The van der Waals surface area contributed by atoms with Gasteiger partial charge in [0.05, 0.1) is 16.9 Å². The van der Waals surface area contributed by atoms with E-state index in [1.165, 1.54) is 38.3 Å². The Labute approximate surface area is 144 Å². The smallest absolute Gasteiger partial charge is 0.0717 e. The standard InChI is InChI=1S/C10H10S8/c11-3-5-6(4-12)16-9(15-5)10-17-7-8(18-10)14-2-1-13-7/h11-12H,1-4H2. The van der Waals surface area contributed by atoms with Gasteiger partial charge in [0.15, 0.2) is 0 Å². The van der Waals surface area contributed by atoms with Gasteiger partial charge >= 0.3 is 0 Å². The SMILES string of the molecule is SCC1=C(CS)SC(=C2SC3=C(SCCS3)S2)S1. The van der Waals surface area contributed by atoms with Gasteiger partial charge in [-0.3, -0.25) is 0 Å². The Balaban J connectivity index is 1.76. The molecule has 3 heterocycles. The van der Waals surface area contributed by atoms with Gasteiger partial charge in [-0.2, -0.15) is 25.3 Å². The van der Waals surface area contributed by atoms with Crippen molar-refractivity contribution in [2.75, 3.05) is 23.0 Å². The number of hydrogen-bond acceptors (Lipinski definition) is 8. The topological polar surface area (TPSA) is 0 Å². The van der Waals surface area contributed by atoms with Gasteiger partial charge in [-0.15, -0.1) is 23.5 Å². The first-order chi connectivity index (χ1) is 8.81. The highest BCUT2D eigenvalue weighted by Crippen LogP contribution is 2.64. The Kier molecular flexibility index (Phi) is 5.69. The summed E-state index contributed by atoms with van der Waals surface area (Å²) in [5.41, 5.74) is 0. The van der Waals surface area contributed by atoms with E-state index in [4.69, 9.17) is 0 Å². The third kappa shape index (κ3) is 3.10. The van der Waals surface area contributed by atoms with Crippen LogP contribution >= 0.6 is 95.8 Å². The molecule has 0 aromatic carbocycles. The molecule has 0 unspecified atom stereocenters. The molecule has 0 nitrogen and oxygen atoms in total. The molecule has 98 valence electrons. The molecular weight excluding hydrogens is 377 g/mol. The van der Waals surface area contributed by atoms with E-state index in [0.29, 0.717) is 0 Å². The van der Waals surface area contributed by atoms with E-state index in [2.05, 4.69) is 25.3 Å². The van der Waals surface area contributed by atoms with Gasteiger partial charge in [0.1, 0.15) is 0 Å². The molecule has 0 saturated heterocycles. The van der Waals surface area contributed by atoms with Crippen LogP contribution in [0.15, 0.2) is 26.8 Å². The predicted molar refractivity (Wildman–Crippen MR) is 104 cm³/mol. The van der Waals surface area contributed by atoms with Gasteiger partial charge in [-0.1, -0.05) is 47.0 Å². The second-order valence-corrected chi connectivity index (χ2v) is 11.5. The third-order valence-corrected chi connectivity index (χ3v) is 12.3. The zero-order valence-corrected chi connectivity index (χ0v) is 15.9. The van der Waals surface area contributed by atoms with Crippen LogP contribution in [-0.4, -0.2) is 23.0 Å². The molecule has 0 aromatic heterocycles. The molecule has 0 aromatic rings. The summed E-state index contributed by atoms with van der Waals surface area (Å²) in [6.45, 7) is 0. The number of thioether (sulfide) groups is 6. The van der Waals surface area contributed by atoms with Gasteiger partial charge < -0.3 is 0 Å². The van der Waals surface area contributed by atoms with Crippen LogP contribution in [0.3, 0.4) is 0 Å². The number of hydrogen-bond donors (Lipinski definition) is 2. The maximum atomic E-state index is 4.41. The molecule has 18 heavy (non-hydrogen) atoms. The Hall–Kier alpha value is 2.02. The van der Waals surface area contributed by atoms with E-state index in [1.807, 2.05) is 70.6 Å². The van der Waals surface area contributed by atoms with Crippen molar-refractivity contribution in [3.05, 3.63) is 26.8 Å². The van der Waals surface area contributed by atoms with Crippen molar-refractivity contribution in [3.8, 4) is 0 Å². The van der Waals surface area contributed by atoms with Crippen molar-refractivity contribution >= 4 is 95.8 Å². The van der Waals surface area contributed by atoms with E-state index in [1.54, 1.807) is 0 Å². The summed E-state index contributed by atoms with van der Waals surface area (Å²) in [6.07, 6.45) is 0. The quantitative estimate of drug-likeness (QED) is 0.576. The Bertz CT molecular complexity index is 398. The van der Waals surface area contributed by atoms with E-state index >= 15 is 0 Å². The van der Waals surface area contributed by atoms with E-state index in [9.17, 15) is 0 Å². The average Bonchev–Trinajstić information content (AvgIpc) is 3.01. The molecule has 0 bridgehead atoms. The zero-order chi connectivity index (χ0) is 12.5. The fourth-order valence-corrected chi connectivity index (χ4v) is 11.2. The molecule has 3 aliphatic heterocycles. The summed E-state index contributed by atoms with van der Waals surface area (Å²) in [7, 11) is 0. The van der Waals surface area contributed by atoms with Gasteiger partial charge in [-0.25, -0.2) is 0 Å². The fourth-order valence-electron chi connectivity index (χ4n) is 1.48. The summed E-state index contributed by atoms with van der Waals surface area (Å²) < 4.78 is 5.94. The normalized spacial score (nSPS) is 24.3. The second kappa shape index (κ2) is 6.85. The summed E-state index contributed by atoms with van der Waals surface area (Å²) in [5, 5.41) is 0. The monoisotopic (exact) mass is 386 g/mol. The first-order valence-corrected chi connectivity index (χ1v) is 11.7. The van der Waals surface area contributed by atoms with Gasteiger partial charge in [0.2, 0.25) is 0 Å². The minimum Gasteiger partial charge on any atom is -0.174 e. The molecule has 3 rings (SSSR count). The Morgan fingerprint density at radius 1 is 0.667 bits per heavy atom. The highest BCUT2D eigenvalue weighted by molar-refractivity contribution is 8.43. The predicted octanol–water partition coefficient (Wildman–Crippen LogP) is 5.75. The lowest BCUT2D eigenvalue weighted by Gasteiger charge is -2.08. The lowest BCUT2D eigenvalue weighted by Crippen LogP contribution is -1.88. The summed E-state index contributed by atoms with van der Waals surface area (Å²) in [5.74, 6) is 4.16. The van der Waals surface area contributed by atoms with Crippen LogP contribution in [0.4, 0.5) is 0 Å². The van der Waals surface area contributed by atoms with Gasteiger partial charge in [0.25, 0.3) is 0 Å². The van der Waals surface area contributed by atoms with Crippen LogP contribution in [0.1, 0.15) is 0 Å². The van der Waals surface area contributed by atoms with Crippen LogP contribution in [-0.2, 0) is 0 Å². The first kappa shape index (κ1) is 14.9. The number of thiol groups is 2. The molecular formula is C10H10S8. The molecule has 3 aliphatic rings. The maximum absolute atomic E-state index is 4.41. The van der Waals surface area contributed by atoms with Crippen molar-refractivity contribution in [2.45, 2.75) is 0 Å². The van der Waals surface area contributed by atoms with Crippen LogP contribution in [0.5, 0.6) is 0 Å². The van der Waals surface area contributed by atoms with Crippen molar-refractivity contribution in [3.63, 3.8) is 0 Å². The summed E-state index contributed by atoms with van der Waals surface area (Å²) in [6, 6.07) is 0. The van der Waals surface area contributed by atoms with Crippen LogP contribution in [0.2, 0.25) is 0 Å². The van der Waals surface area contributed by atoms with E-state index in [-0.39, 0.29) is 0 Å². The summed E-state index contributed by atoms with van der Waals surface area (Å²) in [4.78, 5) is 2.76. The largest absolute Gasteiger partial charge is 0.174 e. The molecule has 0 spiro atoms. The maximum Gasteiger partial charge on any atom is 0.0717 e. The number of rotatable bonds is 2. The van der Waals surface area contributed by atoms with Gasteiger partial charge in [0, 0.05) is 32.8 Å². The van der Waals surface area contributed by atoms with E-state index < -0.39 is 0 Å². The molecule has 8 heteroatoms. The highest BCUT2D eigenvalue weighted by Gasteiger charge is 2.30. The van der Waals surface area contributed by atoms with Crippen molar-refractivity contribution in [1.29, 1.82) is 0 Å². The van der Waals surface area contributed by atoms with Crippen molar-refractivity contribution in [2.24, 2.45) is 0 Å². The van der Waals surface area contributed by atoms with Crippen molar-refractivity contribution in [1.82, 2.24) is 0 Å². The molecule has 0 fully saturated rings. The Morgan fingerprint density at radius 3 is 1.56 bits per heavy atom. The third-order valence-electron chi connectivity index (χ3n) is 2.28. The lowest BCUT2D eigenvalue weighted by atomic mass is 10.6. The van der Waals surface area contributed by atoms with E-state index in [0.717, 1.165) is 11.5 Å².